The number of unbranched alkanes of at least 4 members (excludes halogenated alkanes) is 3. The van der Waals surface area contributed by atoms with Gasteiger partial charge < -0.3 is 15.2 Å². The minimum Gasteiger partial charge on any atom is -0.493 e. The van der Waals surface area contributed by atoms with Crippen molar-refractivity contribution in [1.82, 2.24) is 5.32 Å². The molecule has 1 unspecified atom stereocenters. The third-order valence-corrected chi connectivity index (χ3v) is 3.95. The summed E-state index contributed by atoms with van der Waals surface area (Å²) < 4.78 is 7.01. The fourth-order valence-electron chi connectivity index (χ4n) is 2.21. The van der Waals surface area contributed by atoms with E-state index < -0.39 is 0 Å². The quantitative estimate of drug-likeness (QED) is 0.575. The monoisotopic (exact) mass is 357 g/mol. The molecule has 0 saturated heterocycles. The van der Waals surface area contributed by atoms with Crippen LogP contribution in [0.25, 0.3) is 0 Å². The van der Waals surface area contributed by atoms with Gasteiger partial charge in [0.1, 0.15) is 5.75 Å². The first-order valence-electron chi connectivity index (χ1n) is 7.95. The number of aliphatic hydroxyl groups is 1. The fourth-order valence-corrected chi connectivity index (χ4v) is 2.55. The van der Waals surface area contributed by atoms with E-state index in [2.05, 4.69) is 47.2 Å². The Balaban J connectivity index is 2.52. The van der Waals surface area contributed by atoms with Crippen molar-refractivity contribution >= 4 is 15.9 Å². The van der Waals surface area contributed by atoms with Crippen LogP contribution in [-0.4, -0.2) is 24.9 Å². The van der Waals surface area contributed by atoms with Gasteiger partial charge in [-0.2, -0.15) is 0 Å². The standard InChI is InChI=1S/C17H28BrNO2/c1-3-10-19-14(2)16-9-8-15(18)13-17(16)21-12-7-5-4-6-11-20/h8-9,13-14,19-20H,3-7,10-12H2,1-2H3. The molecule has 0 radical (unpaired) electrons. The molecule has 0 aliphatic heterocycles. The lowest BCUT2D eigenvalue weighted by Gasteiger charge is -2.18. The summed E-state index contributed by atoms with van der Waals surface area (Å²) in [4.78, 5) is 0. The Kier molecular flexibility index (Phi) is 9.72. The summed E-state index contributed by atoms with van der Waals surface area (Å²) >= 11 is 3.51. The third kappa shape index (κ3) is 7.30. The maximum Gasteiger partial charge on any atom is 0.125 e. The molecule has 0 saturated carbocycles. The second kappa shape index (κ2) is 11.0. The number of nitrogens with one attached hydrogen (secondary N) is 1. The van der Waals surface area contributed by atoms with Gasteiger partial charge in [-0.05, 0) is 51.3 Å². The molecule has 0 aliphatic carbocycles. The number of rotatable bonds is 11. The van der Waals surface area contributed by atoms with Crippen LogP contribution in [0.5, 0.6) is 5.75 Å². The SMILES string of the molecule is CCCNC(C)c1ccc(Br)cc1OCCCCCCO. The largest absolute Gasteiger partial charge is 0.493 e. The second-order valence-electron chi connectivity index (χ2n) is 5.34. The van der Waals surface area contributed by atoms with Crippen molar-refractivity contribution in [3.8, 4) is 5.75 Å². The summed E-state index contributed by atoms with van der Waals surface area (Å²) in [5, 5.41) is 12.3. The molecule has 0 amide bonds. The molecule has 0 bridgehead atoms. The van der Waals surface area contributed by atoms with Gasteiger partial charge in [0.15, 0.2) is 0 Å². The molecule has 4 heteroatoms. The maximum absolute atomic E-state index is 8.76. The van der Waals surface area contributed by atoms with Crippen LogP contribution in [0.3, 0.4) is 0 Å². The molecule has 1 aromatic rings. The summed E-state index contributed by atoms with van der Waals surface area (Å²) in [6.45, 7) is 6.38. The summed E-state index contributed by atoms with van der Waals surface area (Å²) in [5.41, 5.74) is 1.21. The molecule has 0 aliphatic rings. The summed E-state index contributed by atoms with van der Waals surface area (Å²) in [7, 11) is 0. The Hall–Kier alpha value is -0.580. The molecule has 1 aromatic carbocycles. The Morgan fingerprint density at radius 2 is 2.00 bits per heavy atom. The van der Waals surface area contributed by atoms with Crippen LogP contribution < -0.4 is 10.1 Å². The molecule has 0 heterocycles. The number of hydrogen-bond acceptors (Lipinski definition) is 3. The first-order chi connectivity index (χ1) is 10.2. The van der Waals surface area contributed by atoms with Crippen molar-refractivity contribution in [2.75, 3.05) is 19.8 Å². The zero-order valence-corrected chi connectivity index (χ0v) is 14.8. The molecule has 0 spiro atoms. The van der Waals surface area contributed by atoms with Gasteiger partial charge >= 0.3 is 0 Å². The van der Waals surface area contributed by atoms with Gasteiger partial charge in [0.2, 0.25) is 0 Å². The van der Waals surface area contributed by atoms with Crippen LogP contribution in [0.1, 0.15) is 57.6 Å². The molecule has 21 heavy (non-hydrogen) atoms. The first kappa shape index (κ1) is 18.5. The summed E-state index contributed by atoms with van der Waals surface area (Å²) in [6, 6.07) is 6.53. The predicted octanol–water partition coefficient (Wildman–Crippen LogP) is 4.44. The summed E-state index contributed by atoms with van der Waals surface area (Å²) in [6.07, 6.45) is 5.22. The lowest BCUT2D eigenvalue weighted by molar-refractivity contribution is 0.272. The van der Waals surface area contributed by atoms with Gasteiger partial charge in [-0.3, -0.25) is 0 Å². The minimum absolute atomic E-state index is 0.289. The third-order valence-electron chi connectivity index (χ3n) is 3.45. The highest BCUT2D eigenvalue weighted by Crippen LogP contribution is 2.29. The van der Waals surface area contributed by atoms with Gasteiger partial charge in [0, 0.05) is 22.7 Å². The molecule has 0 fully saturated rings. The van der Waals surface area contributed by atoms with Crippen molar-refractivity contribution in [3.05, 3.63) is 28.2 Å². The van der Waals surface area contributed by atoms with Gasteiger partial charge in [0.25, 0.3) is 0 Å². The van der Waals surface area contributed by atoms with Gasteiger partial charge in [0.05, 0.1) is 6.61 Å². The van der Waals surface area contributed by atoms with E-state index in [1.165, 1.54) is 5.56 Å². The van der Waals surface area contributed by atoms with Crippen molar-refractivity contribution in [2.24, 2.45) is 0 Å². The van der Waals surface area contributed by atoms with E-state index in [0.29, 0.717) is 6.04 Å². The molecule has 120 valence electrons. The highest BCUT2D eigenvalue weighted by Gasteiger charge is 2.11. The Bertz CT molecular complexity index is 398. The van der Waals surface area contributed by atoms with E-state index in [1.807, 2.05) is 6.07 Å². The molecular formula is C17H28BrNO2. The smallest absolute Gasteiger partial charge is 0.125 e. The molecule has 2 N–H and O–H groups in total. The van der Waals surface area contributed by atoms with Gasteiger partial charge in [-0.25, -0.2) is 0 Å². The van der Waals surface area contributed by atoms with E-state index in [-0.39, 0.29) is 6.61 Å². The Labute approximate surface area is 137 Å². The van der Waals surface area contributed by atoms with E-state index in [4.69, 9.17) is 9.84 Å². The van der Waals surface area contributed by atoms with Crippen LogP contribution in [0, 0.1) is 0 Å². The van der Waals surface area contributed by atoms with E-state index in [1.54, 1.807) is 0 Å². The highest BCUT2D eigenvalue weighted by molar-refractivity contribution is 9.10. The zero-order chi connectivity index (χ0) is 15.5. The normalized spacial score (nSPS) is 12.4. The lowest BCUT2D eigenvalue weighted by Crippen LogP contribution is -2.20. The van der Waals surface area contributed by atoms with Crippen molar-refractivity contribution in [1.29, 1.82) is 0 Å². The Morgan fingerprint density at radius 1 is 1.24 bits per heavy atom. The van der Waals surface area contributed by atoms with Gasteiger partial charge in [-0.15, -0.1) is 0 Å². The van der Waals surface area contributed by atoms with Crippen LogP contribution in [0.15, 0.2) is 22.7 Å². The van der Waals surface area contributed by atoms with E-state index in [0.717, 1.165) is 55.5 Å². The number of ether oxygens (including phenoxy) is 1. The minimum atomic E-state index is 0.289. The summed E-state index contributed by atoms with van der Waals surface area (Å²) in [5.74, 6) is 0.961. The fraction of sp³-hybridized carbons (Fsp3) is 0.647. The van der Waals surface area contributed by atoms with E-state index in [9.17, 15) is 0 Å². The van der Waals surface area contributed by atoms with Crippen LogP contribution in [-0.2, 0) is 0 Å². The first-order valence-corrected chi connectivity index (χ1v) is 8.74. The van der Waals surface area contributed by atoms with Crippen molar-refractivity contribution in [2.45, 2.75) is 52.0 Å². The number of aliphatic hydroxyl groups excluding tert-OH is 1. The average Bonchev–Trinajstić information content (AvgIpc) is 2.48. The molecule has 0 aromatic heterocycles. The maximum atomic E-state index is 8.76. The Morgan fingerprint density at radius 3 is 2.71 bits per heavy atom. The number of halogens is 1. The molecule has 1 atom stereocenters. The number of hydrogen-bond donors (Lipinski definition) is 2. The predicted molar refractivity (Wildman–Crippen MR) is 91.9 cm³/mol. The second-order valence-corrected chi connectivity index (χ2v) is 6.26. The van der Waals surface area contributed by atoms with Gasteiger partial charge in [-0.1, -0.05) is 35.3 Å². The van der Waals surface area contributed by atoms with Crippen LogP contribution in [0.4, 0.5) is 0 Å². The zero-order valence-electron chi connectivity index (χ0n) is 13.2. The van der Waals surface area contributed by atoms with Crippen LogP contribution >= 0.6 is 15.9 Å². The number of benzene rings is 1. The van der Waals surface area contributed by atoms with Crippen molar-refractivity contribution < 1.29 is 9.84 Å². The molecular weight excluding hydrogens is 330 g/mol. The highest BCUT2D eigenvalue weighted by atomic mass is 79.9. The topological polar surface area (TPSA) is 41.5 Å². The average molecular weight is 358 g/mol. The van der Waals surface area contributed by atoms with Crippen LogP contribution in [0.2, 0.25) is 0 Å². The molecule has 3 nitrogen and oxygen atoms in total. The van der Waals surface area contributed by atoms with E-state index >= 15 is 0 Å². The van der Waals surface area contributed by atoms with Crippen molar-refractivity contribution in [3.63, 3.8) is 0 Å². The lowest BCUT2D eigenvalue weighted by atomic mass is 10.1. The molecule has 1 rings (SSSR count).